The van der Waals surface area contributed by atoms with Gasteiger partial charge in [0.15, 0.2) is 17.3 Å². The van der Waals surface area contributed by atoms with Crippen LogP contribution >= 0.6 is 0 Å². The van der Waals surface area contributed by atoms with Crippen LogP contribution in [0.4, 0.5) is 0 Å². The first-order valence-corrected chi connectivity index (χ1v) is 9.52. The summed E-state index contributed by atoms with van der Waals surface area (Å²) < 4.78 is 21.7. The molecule has 7 heteroatoms. The summed E-state index contributed by atoms with van der Waals surface area (Å²) in [4.78, 5) is 4.63. The quantitative estimate of drug-likeness (QED) is 0.747. The molecule has 148 valence electrons. The molecule has 1 fully saturated rings. The molecule has 0 amide bonds. The van der Waals surface area contributed by atoms with Crippen molar-refractivity contribution in [2.45, 2.75) is 57.5 Å². The van der Waals surface area contributed by atoms with Crippen molar-refractivity contribution in [1.82, 2.24) is 15.5 Å². The van der Waals surface area contributed by atoms with Crippen LogP contribution in [-0.4, -0.2) is 31.5 Å². The summed E-state index contributed by atoms with van der Waals surface area (Å²) in [6.45, 7) is 2.59. The summed E-state index contributed by atoms with van der Waals surface area (Å²) in [6, 6.07) is 3.68. The highest BCUT2D eigenvalue weighted by atomic mass is 16.5. The van der Waals surface area contributed by atoms with Crippen molar-refractivity contribution in [2.24, 2.45) is 0 Å². The maximum atomic E-state index is 5.51. The summed E-state index contributed by atoms with van der Waals surface area (Å²) in [5.41, 5.74) is 0.967. The third kappa shape index (κ3) is 4.53. The van der Waals surface area contributed by atoms with E-state index in [1.807, 2.05) is 19.1 Å². The van der Waals surface area contributed by atoms with E-state index in [1.54, 1.807) is 21.3 Å². The first kappa shape index (κ1) is 19.5. The Labute approximate surface area is 160 Å². The van der Waals surface area contributed by atoms with Gasteiger partial charge in [0.2, 0.25) is 5.89 Å². The average molecular weight is 375 g/mol. The number of hydrogen-bond acceptors (Lipinski definition) is 7. The molecular weight excluding hydrogens is 346 g/mol. The second-order valence-corrected chi connectivity index (χ2v) is 6.95. The van der Waals surface area contributed by atoms with Crippen LogP contribution in [0.2, 0.25) is 0 Å². The number of ether oxygens (including phenoxy) is 3. The van der Waals surface area contributed by atoms with Gasteiger partial charge in [0, 0.05) is 24.1 Å². The number of aromatic nitrogens is 2. The lowest BCUT2D eigenvalue weighted by Crippen LogP contribution is -2.19. The molecule has 1 atom stereocenters. The molecule has 2 aromatic rings. The minimum Gasteiger partial charge on any atom is -0.496 e. The Morgan fingerprint density at radius 2 is 1.70 bits per heavy atom. The molecular formula is C20H29N3O4. The van der Waals surface area contributed by atoms with Crippen LogP contribution in [0.1, 0.15) is 68.3 Å². The van der Waals surface area contributed by atoms with Gasteiger partial charge in [-0.05, 0) is 25.8 Å². The van der Waals surface area contributed by atoms with Gasteiger partial charge in [-0.15, -0.1) is 0 Å². The fourth-order valence-corrected chi connectivity index (χ4v) is 3.53. The van der Waals surface area contributed by atoms with E-state index in [2.05, 4.69) is 15.5 Å². The number of nitrogens with one attached hydrogen (secondary N) is 1. The van der Waals surface area contributed by atoms with Gasteiger partial charge < -0.3 is 24.1 Å². The largest absolute Gasteiger partial charge is 0.496 e. The number of rotatable bonds is 8. The Kier molecular flexibility index (Phi) is 6.55. The van der Waals surface area contributed by atoms with E-state index in [0.29, 0.717) is 29.9 Å². The maximum absolute atomic E-state index is 5.51. The molecule has 1 aliphatic rings. The Morgan fingerprint density at radius 3 is 2.37 bits per heavy atom. The highest BCUT2D eigenvalue weighted by Gasteiger charge is 2.23. The van der Waals surface area contributed by atoms with Gasteiger partial charge >= 0.3 is 0 Å². The van der Waals surface area contributed by atoms with E-state index < -0.39 is 0 Å². The van der Waals surface area contributed by atoms with E-state index in [0.717, 1.165) is 30.0 Å². The summed E-state index contributed by atoms with van der Waals surface area (Å²) in [6.07, 6.45) is 6.13. The van der Waals surface area contributed by atoms with Gasteiger partial charge in [-0.2, -0.15) is 4.98 Å². The van der Waals surface area contributed by atoms with E-state index in [1.165, 1.54) is 19.3 Å². The molecule has 1 unspecified atom stereocenters. The molecule has 3 rings (SSSR count). The molecule has 0 bridgehead atoms. The van der Waals surface area contributed by atoms with Crippen molar-refractivity contribution in [3.63, 3.8) is 0 Å². The van der Waals surface area contributed by atoms with Crippen LogP contribution in [0.15, 0.2) is 16.7 Å². The van der Waals surface area contributed by atoms with Crippen molar-refractivity contribution in [3.05, 3.63) is 29.4 Å². The summed E-state index contributed by atoms with van der Waals surface area (Å²) in [7, 11) is 4.87. The molecule has 0 spiro atoms. The predicted octanol–water partition coefficient (Wildman–Crippen LogP) is 3.99. The lowest BCUT2D eigenvalue weighted by Gasteiger charge is -2.17. The Bertz CT molecular complexity index is 741. The molecule has 1 heterocycles. The highest BCUT2D eigenvalue weighted by Crippen LogP contribution is 2.35. The van der Waals surface area contributed by atoms with Crippen LogP contribution in [0.25, 0.3) is 0 Å². The van der Waals surface area contributed by atoms with Crippen LogP contribution in [0.3, 0.4) is 0 Å². The number of methoxy groups -OCH3 is 3. The number of benzene rings is 1. The van der Waals surface area contributed by atoms with Crippen LogP contribution < -0.4 is 19.5 Å². The van der Waals surface area contributed by atoms with Crippen molar-refractivity contribution in [2.75, 3.05) is 21.3 Å². The Balaban J connectivity index is 1.66. The van der Waals surface area contributed by atoms with Gasteiger partial charge in [0.1, 0.15) is 5.75 Å². The van der Waals surface area contributed by atoms with Gasteiger partial charge in [0.05, 0.1) is 27.4 Å². The van der Waals surface area contributed by atoms with Gasteiger partial charge in [0.25, 0.3) is 0 Å². The minimum atomic E-state index is -0.0624. The average Bonchev–Trinajstić information content (AvgIpc) is 3.22. The van der Waals surface area contributed by atoms with Crippen LogP contribution in [0.5, 0.6) is 17.2 Å². The second-order valence-electron chi connectivity index (χ2n) is 6.95. The SMILES string of the molecule is COc1cc(OC)c(OC)cc1CNC(C)c1nc(C2CCCCC2)no1. The standard InChI is InChI=1S/C20H29N3O4/c1-13(20-22-19(23-27-20)14-8-6-5-7-9-14)21-12-15-10-17(25-3)18(26-4)11-16(15)24-2/h10-11,13-14,21H,5-9,12H2,1-4H3. The molecule has 0 saturated heterocycles. The third-order valence-electron chi connectivity index (χ3n) is 5.18. The summed E-state index contributed by atoms with van der Waals surface area (Å²) in [5.74, 6) is 3.95. The molecule has 0 radical (unpaired) electrons. The lowest BCUT2D eigenvalue weighted by molar-refractivity contribution is 0.326. The summed E-state index contributed by atoms with van der Waals surface area (Å²) in [5, 5.41) is 7.63. The fraction of sp³-hybridized carbons (Fsp3) is 0.600. The molecule has 1 saturated carbocycles. The number of hydrogen-bond donors (Lipinski definition) is 1. The molecule has 27 heavy (non-hydrogen) atoms. The molecule has 1 aliphatic carbocycles. The van der Waals surface area contributed by atoms with Crippen molar-refractivity contribution >= 4 is 0 Å². The minimum absolute atomic E-state index is 0.0624. The second kappa shape index (κ2) is 9.08. The van der Waals surface area contributed by atoms with E-state index in [9.17, 15) is 0 Å². The van der Waals surface area contributed by atoms with Crippen molar-refractivity contribution in [3.8, 4) is 17.2 Å². The lowest BCUT2D eigenvalue weighted by atomic mass is 9.89. The Hall–Kier alpha value is -2.28. The summed E-state index contributed by atoms with van der Waals surface area (Å²) >= 11 is 0. The normalized spacial score (nSPS) is 16.1. The van der Waals surface area contributed by atoms with Crippen LogP contribution in [0, 0.1) is 0 Å². The molecule has 7 nitrogen and oxygen atoms in total. The zero-order chi connectivity index (χ0) is 19.2. The van der Waals surface area contributed by atoms with Gasteiger partial charge in [-0.1, -0.05) is 24.4 Å². The van der Waals surface area contributed by atoms with Crippen molar-refractivity contribution in [1.29, 1.82) is 0 Å². The topological polar surface area (TPSA) is 78.6 Å². The van der Waals surface area contributed by atoms with Gasteiger partial charge in [-0.3, -0.25) is 0 Å². The first-order chi connectivity index (χ1) is 13.2. The monoisotopic (exact) mass is 375 g/mol. The first-order valence-electron chi connectivity index (χ1n) is 9.52. The van der Waals surface area contributed by atoms with Crippen LogP contribution in [-0.2, 0) is 6.54 Å². The maximum Gasteiger partial charge on any atom is 0.243 e. The third-order valence-corrected chi connectivity index (χ3v) is 5.18. The smallest absolute Gasteiger partial charge is 0.243 e. The van der Waals surface area contributed by atoms with E-state index in [4.69, 9.17) is 18.7 Å². The highest BCUT2D eigenvalue weighted by molar-refractivity contribution is 5.50. The Morgan fingerprint density at radius 1 is 1.04 bits per heavy atom. The zero-order valence-corrected chi connectivity index (χ0v) is 16.6. The van der Waals surface area contributed by atoms with Crippen molar-refractivity contribution < 1.29 is 18.7 Å². The molecule has 0 aliphatic heterocycles. The van der Waals surface area contributed by atoms with E-state index in [-0.39, 0.29) is 6.04 Å². The molecule has 1 aromatic carbocycles. The molecule has 1 N–H and O–H groups in total. The number of nitrogens with zero attached hydrogens (tertiary/aromatic N) is 2. The fourth-order valence-electron chi connectivity index (χ4n) is 3.53. The predicted molar refractivity (Wildman–Crippen MR) is 101 cm³/mol. The zero-order valence-electron chi connectivity index (χ0n) is 16.6. The van der Waals surface area contributed by atoms with Gasteiger partial charge in [-0.25, -0.2) is 0 Å². The molecule has 1 aromatic heterocycles. The van der Waals surface area contributed by atoms with E-state index >= 15 is 0 Å².